The van der Waals surface area contributed by atoms with Crippen molar-refractivity contribution < 1.29 is 9.90 Å². The normalized spacial score (nSPS) is 22.7. The molecule has 3 rings (SSSR count). The van der Waals surface area contributed by atoms with Gasteiger partial charge in [-0.3, -0.25) is 4.79 Å². The maximum atomic E-state index is 12.1. The van der Waals surface area contributed by atoms with Crippen LogP contribution in [0.25, 0.3) is 10.9 Å². The highest BCUT2D eigenvalue weighted by atomic mass is 16.3. The molecule has 94 valence electrons. The van der Waals surface area contributed by atoms with Crippen LogP contribution in [0.1, 0.15) is 23.2 Å². The highest BCUT2D eigenvalue weighted by molar-refractivity contribution is 6.07. The van der Waals surface area contributed by atoms with Gasteiger partial charge in [-0.05, 0) is 31.0 Å². The molecule has 1 aromatic heterocycles. The summed E-state index contributed by atoms with van der Waals surface area (Å²) in [6.07, 6.45) is 2.69. The fourth-order valence-corrected chi connectivity index (χ4v) is 2.29. The van der Waals surface area contributed by atoms with E-state index in [0.717, 1.165) is 10.9 Å². The van der Waals surface area contributed by atoms with Gasteiger partial charge in [0, 0.05) is 28.8 Å². The summed E-state index contributed by atoms with van der Waals surface area (Å²) in [5.41, 5.74) is 7.85. The quantitative estimate of drug-likeness (QED) is 0.595. The molecule has 1 aromatic carbocycles. The lowest BCUT2D eigenvalue weighted by Gasteiger charge is -2.31. The van der Waals surface area contributed by atoms with Crippen LogP contribution in [0, 0.1) is 0 Å². The minimum atomic E-state index is -0.270. The molecule has 1 fully saturated rings. The highest BCUT2D eigenvalue weighted by Gasteiger charge is 2.29. The third-order valence-electron chi connectivity index (χ3n) is 3.40. The average molecular weight is 245 g/mol. The monoisotopic (exact) mass is 245 g/mol. The lowest BCUT2D eigenvalue weighted by molar-refractivity contribution is 0.0563. The number of hydrogen-bond acceptors (Lipinski definition) is 3. The molecule has 1 aliphatic carbocycles. The molecule has 5 nitrogen and oxygen atoms in total. The number of benzene rings is 1. The van der Waals surface area contributed by atoms with E-state index in [-0.39, 0.29) is 18.1 Å². The maximum Gasteiger partial charge on any atom is 0.253 e. The van der Waals surface area contributed by atoms with E-state index in [1.54, 1.807) is 18.3 Å². The van der Waals surface area contributed by atoms with Gasteiger partial charge in [0.05, 0.1) is 11.7 Å². The van der Waals surface area contributed by atoms with Gasteiger partial charge in [-0.15, -0.1) is 0 Å². The molecule has 0 unspecified atom stereocenters. The Kier molecular flexibility index (Phi) is 2.48. The van der Waals surface area contributed by atoms with Crippen molar-refractivity contribution in [1.29, 1.82) is 0 Å². The molecule has 0 radical (unpaired) electrons. The Balaban J connectivity index is 1.85. The number of anilines is 1. The topological polar surface area (TPSA) is 91.1 Å². The second kappa shape index (κ2) is 4.03. The molecule has 0 spiro atoms. The van der Waals surface area contributed by atoms with Crippen molar-refractivity contribution in [3.05, 3.63) is 30.0 Å². The smallest absolute Gasteiger partial charge is 0.253 e. The Morgan fingerprint density at radius 1 is 1.44 bits per heavy atom. The molecule has 0 saturated heterocycles. The molecule has 1 aliphatic rings. The van der Waals surface area contributed by atoms with E-state index in [9.17, 15) is 9.90 Å². The van der Waals surface area contributed by atoms with Gasteiger partial charge >= 0.3 is 0 Å². The number of aliphatic hydroxyl groups excluding tert-OH is 1. The van der Waals surface area contributed by atoms with Crippen molar-refractivity contribution >= 4 is 22.5 Å². The fourth-order valence-electron chi connectivity index (χ4n) is 2.29. The number of nitrogens with two attached hydrogens (primary N) is 1. The van der Waals surface area contributed by atoms with Crippen LogP contribution in [-0.2, 0) is 0 Å². The molecule has 2 aromatic rings. The number of nitrogens with one attached hydrogen (secondary N) is 2. The highest BCUT2D eigenvalue weighted by Crippen LogP contribution is 2.23. The molecule has 5 heteroatoms. The number of fused-ring (bicyclic) bond motifs is 1. The Morgan fingerprint density at radius 3 is 2.94 bits per heavy atom. The first-order valence-corrected chi connectivity index (χ1v) is 5.99. The lowest BCUT2D eigenvalue weighted by Crippen LogP contribution is -2.46. The van der Waals surface area contributed by atoms with Crippen molar-refractivity contribution in [3.8, 4) is 0 Å². The first-order valence-electron chi connectivity index (χ1n) is 5.99. The summed E-state index contributed by atoms with van der Waals surface area (Å²) in [5, 5.41) is 12.9. The van der Waals surface area contributed by atoms with E-state index < -0.39 is 0 Å². The first-order chi connectivity index (χ1) is 8.63. The Morgan fingerprint density at radius 2 is 2.22 bits per heavy atom. The molecule has 5 N–H and O–H groups in total. The SMILES string of the molecule is Nc1ccc2[nH]cc(C(=O)NC3CC(O)C3)c2c1. The summed E-state index contributed by atoms with van der Waals surface area (Å²) in [6.45, 7) is 0. The third kappa shape index (κ3) is 1.82. The van der Waals surface area contributed by atoms with Gasteiger partial charge in [0.1, 0.15) is 0 Å². The Bertz CT molecular complexity index is 599. The molecule has 1 heterocycles. The number of nitrogen functional groups attached to an aromatic ring is 1. The molecule has 1 amide bonds. The first kappa shape index (κ1) is 11.1. The number of aromatic amines is 1. The third-order valence-corrected chi connectivity index (χ3v) is 3.40. The van der Waals surface area contributed by atoms with Crippen molar-refractivity contribution in [2.45, 2.75) is 25.0 Å². The van der Waals surface area contributed by atoms with Crippen LogP contribution in [0.4, 0.5) is 5.69 Å². The van der Waals surface area contributed by atoms with Crippen molar-refractivity contribution in [2.75, 3.05) is 5.73 Å². The van der Waals surface area contributed by atoms with E-state index >= 15 is 0 Å². The summed E-state index contributed by atoms with van der Waals surface area (Å²) < 4.78 is 0. The zero-order chi connectivity index (χ0) is 12.7. The maximum absolute atomic E-state index is 12.1. The number of rotatable bonds is 2. The van der Waals surface area contributed by atoms with Crippen LogP contribution in [-0.4, -0.2) is 28.1 Å². The fraction of sp³-hybridized carbons (Fsp3) is 0.308. The number of hydrogen-bond donors (Lipinski definition) is 4. The van der Waals surface area contributed by atoms with E-state index in [2.05, 4.69) is 10.3 Å². The largest absolute Gasteiger partial charge is 0.399 e. The van der Waals surface area contributed by atoms with E-state index in [0.29, 0.717) is 24.1 Å². The minimum Gasteiger partial charge on any atom is -0.399 e. The van der Waals surface area contributed by atoms with E-state index in [1.165, 1.54) is 0 Å². The number of amides is 1. The van der Waals surface area contributed by atoms with Crippen molar-refractivity contribution in [2.24, 2.45) is 0 Å². The molecule has 0 bridgehead atoms. The lowest BCUT2D eigenvalue weighted by atomic mass is 9.89. The summed E-state index contributed by atoms with van der Waals surface area (Å²) in [7, 11) is 0. The van der Waals surface area contributed by atoms with Crippen LogP contribution >= 0.6 is 0 Å². The van der Waals surface area contributed by atoms with Gasteiger partial charge in [-0.2, -0.15) is 0 Å². The zero-order valence-corrected chi connectivity index (χ0v) is 9.81. The number of carbonyl (C=O) groups excluding carboxylic acids is 1. The van der Waals surface area contributed by atoms with Crippen LogP contribution < -0.4 is 11.1 Å². The van der Waals surface area contributed by atoms with Crippen molar-refractivity contribution in [3.63, 3.8) is 0 Å². The van der Waals surface area contributed by atoms with Crippen LogP contribution in [0.5, 0.6) is 0 Å². The van der Waals surface area contributed by atoms with Gasteiger partial charge in [-0.25, -0.2) is 0 Å². The summed E-state index contributed by atoms with van der Waals surface area (Å²) >= 11 is 0. The van der Waals surface area contributed by atoms with Gasteiger partial charge in [0.2, 0.25) is 0 Å². The van der Waals surface area contributed by atoms with Crippen LogP contribution in [0.2, 0.25) is 0 Å². The van der Waals surface area contributed by atoms with E-state index in [1.807, 2.05) is 6.07 Å². The molecule has 1 saturated carbocycles. The Hall–Kier alpha value is -2.01. The summed E-state index contributed by atoms with van der Waals surface area (Å²) in [4.78, 5) is 15.1. The predicted octanol–water partition coefficient (Wildman–Crippen LogP) is 1.00. The zero-order valence-electron chi connectivity index (χ0n) is 9.81. The number of aromatic nitrogens is 1. The summed E-state index contributed by atoms with van der Waals surface area (Å²) in [5.74, 6) is -0.122. The number of aliphatic hydroxyl groups is 1. The standard InChI is InChI=1S/C13H15N3O2/c14-7-1-2-12-10(3-7)11(6-15-12)13(18)16-8-4-9(17)5-8/h1-3,6,8-9,15,17H,4-5,14H2,(H,16,18). The number of carbonyl (C=O) groups is 1. The molecular formula is C13H15N3O2. The predicted molar refractivity (Wildman–Crippen MR) is 69.2 cm³/mol. The van der Waals surface area contributed by atoms with Gasteiger partial charge in [0.15, 0.2) is 0 Å². The van der Waals surface area contributed by atoms with Crippen LogP contribution in [0.15, 0.2) is 24.4 Å². The van der Waals surface area contributed by atoms with E-state index in [4.69, 9.17) is 5.73 Å². The average Bonchev–Trinajstić information content (AvgIpc) is 2.69. The van der Waals surface area contributed by atoms with Gasteiger partial charge < -0.3 is 21.1 Å². The second-order valence-corrected chi connectivity index (χ2v) is 4.80. The second-order valence-electron chi connectivity index (χ2n) is 4.80. The molecule has 0 atom stereocenters. The van der Waals surface area contributed by atoms with Gasteiger partial charge in [-0.1, -0.05) is 0 Å². The minimum absolute atomic E-state index is 0.0820. The molecular weight excluding hydrogens is 230 g/mol. The number of H-pyrrole nitrogens is 1. The summed E-state index contributed by atoms with van der Waals surface area (Å²) in [6, 6.07) is 5.52. The van der Waals surface area contributed by atoms with Crippen molar-refractivity contribution in [1.82, 2.24) is 10.3 Å². The molecule has 0 aliphatic heterocycles. The Labute approximate surface area is 104 Å². The molecule has 18 heavy (non-hydrogen) atoms. The van der Waals surface area contributed by atoms with Gasteiger partial charge in [0.25, 0.3) is 5.91 Å². The van der Waals surface area contributed by atoms with Crippen LogP contribution in [0.3, 0.4) is 0 Å².